The first-order valence-electron chi connectivity index (χ1n) is 7.86. The lowest BCUT2D eigenvalue weighted by atomic mass is 10.2. The highest BCUT2D eigenvalue weighted by atomic mass is 16.6. The average Bonchev–Trinajstić information content (AvgIpc) is 2.88. The number of nitrogens with zero attached hydrogens (tertiary/aromatic N) is 2. The highest BCUT2D eigenvalue weighted by molar-refractivity contribution is 5.84. The molecule has 2 rings (SSSR count). The lowest BCUT2D eigenvalue weighted by molar-refractivity contribution is 0.0635. The molecule has 2 N–H and O–H groups in total. The molecule has 0 unspecified atom stereocenters. The molecule has 0 aliphatic carbocycles. The molecule has 2 aromatic rings. The van der Waals surface area contributed by atoms with E-state index in [1.54, 1.807) is 12.3 Å². The van der Waals surface area contributed by atoms with Crippen LogP contribution in [0.4, 0.5) is 10.6 Å². The van der Waals surface area contributed by atoms with Crippen molar-refractivity contribution in [1.29, 1.82) is 0 Å². The van der Waals surface area contributed by atoms with Gasteiger partial charge in [0.2, 0.25) is 0 Å². The van der Waals surface area contributed by atoms with Crippen LogP contribution in [0.25, 0.3) is 11.4 Å². The van der Waals surface area contributed by atoms with Crippen molar-refractivity contribution < 1.29 is 9.53 Å². The third-order valence-electron chi connectivity index (χ3n) is 3.22. The van der Waals surface area contributed by atoms with E-state index in [0.717, 1.165) is 35.6 Å². The van der Waals surface area contributed by atoms with Crippen LogP contribution >= 0.6 is 0 Å². The topological polar surface area (TPSA) is 79.9 Å². The first-order chi connectivity index (χ1) is 10.8. The van der Waals surface area contributed by atoms with Crippen molar-refractivity contribution in [3.63, 3.8) is 0 Å². The number of H-pyrrole nitrogens is 1. The Hall–Kier alpha value is -2.37. The van der Waals surface area contributed by atoms with Gasteiger partial charge in [-0.2, -0.15) is 0 Å². The molecule has 0 fully saturated rings. The van der Waals surface area contributed by atoms with Gasteiger partial charge in [0, 0.05) is 17.5 Å². The Morgan fingerprint density at radius 1 is 1.30 bits per heavy atom. The second kappa shape index (κ2) is 6.81. The average molecular weight is 316 g/mol. The van der Waals surface area contributed by atoms with Crippen LogP contribution < -0.4 is 5.32 Å². The maximum atomic E-state index is 11.8. The Morgan fingerprint density at radius 2 is 2.04 bits per heavy atom. The van der Waals surface area contributed by atoms with Gasteiger partial charge in [0.25, 0.3) is 0 Å². The van der Waals surface area contributed by atoms with Crippen molar-refractivity contribution in [2.45, 2.75) is 53.1 Å². The van der Waals surface area contributed by atoms with Gasteiger partial charge in [-0.3, -0.25) is 5.32 Å². The lowest BCUT2D eigenvalue weighted by Crippen LogP contribution is -2.27. The molecule has 0 aliphatic rings. The van der Waals surface area contributed by atoms with Crippen LogP contribution in [-0.4, -0.2) is 26.6 Å². The van der Waals surface area contributed by atoms with Crippen molar-refractivity contribution in [2.75, 3.05) is 5.32 Å². The van der Waals surface area contributed by atoms with Crippen molar-refractivity contribution in [3.8, 4) is 11.4 Å². The van der Waals surface area contributed by atoms with Gasteiger partial charge in [0.05, 0.1) is 5.69 Å². The second-order valence-corrected chi connectivity index (χ2v) is 6.27. The van der Waals surface area contributed by atoms with Gasteiger partial charge < -0.3 is 9.72 Å². The summed E-state index contributed by atoms with van der Waals surface area (Å²) in [6, 6.07) is 3.64. The second-order valence-electron chi connectivity index (χ2n) is 6.27. The number of anilines is 1. The van der Waals surface area contributed by atoms with Crippen molar-refractivity contribution in [3.05, 3.63) is 29.7 Å². The van der Waals surface area contributed by atoms with Crippen LogP contribution in [0.3, 0.4) is 0 Å². The molecule has 0 atom stereocenters. The first kappa shape index (κ1) is 17.0. The Bertz CT molecular complexity index is 665. The maximum Gasteiger partial charge on any atom is 0.413 e. The van der Waals surface area contributed by atoms with Gasteiger partial charge in [0.1, 0.15) is 17.2 Å². The third-order valence-corrected chi connectivity index (χ3v) is 3.22. The minimum absolute atomic E-state index is 0.434. The number of pyridine rings is 1. The van der Waals surface area contributed by atoms with Gasteiger partial charge >= 0.3 is 6.09 Å². The number of rotatable bonds is 4. The summed E-state index contributed by atoms with van der Waals surface area (Å²) in [6.45, 7) is 9.63. The van der Waals surface area contributed by atoms with E-state index in [1.807, 2.05) is 26.8 Å². The van der Waals surface area contributed by atoms with Gasteiger partial charge in [-0.25, -0.2) is 14.8 Å². The standard InChI is InChI=1S/C17H24N4O2/c1-6-12-13(7-2)20-15(19-12)11-8-9-18-14(10-11)21-16(22)23-17(3,4)5/h8-10H,6-7H2,1-5H3,(H,19,20)(H,18,21,22). The van der Waals surface area contributed by atoms with Gasteiger partial charge in [-0.1, -0.05) is 13.8 Å². The summed E-state index contributed by atoms with van der Waals surface area (Å²) in [4.78, 5) is 23.9. The number of aromatic nitrogens is 3. The van der Waals surface area contributed by atoms with Crippen molar-refractivity contribution in [2.24, 2.45) is 0 Å². The Morgan fingerprint density at radius 3 is 2.61 bits per heavy atom. The molecule has 0 saturated heterocycles. The number of ether oxygens (including phenoxy) is 1. The monoisotopic (exact) mass is 316 g/mol. The zero-order chi connectivity index (χ0) is 17.0. The Labute approximate surface area is 136 Å². The summed E-state index contributed by atoms with van der Waals surface area (Å²) in [5.41, 5.74) is 2.54. The maximum absolute atomic E-state index is 11.8. The van der Waals surface area contributed by atoms with Crippen LogP contribution in [0.15, 0.2) is 18.3 Å². The highest BCUT2D eigenvalue weighted by Gasteiger charge is 2.17. The molecule has 2 aromatic heterocycles. The molecule has 6 nitrogen and oxygen atoms in total. The van der Waals surface area contributed by atoms with Crippen LogP contribution in [0, 0.1) is 0 Å². The Kier molecular flexibility index (Phi) is 5.03. The molecule has 0 spiro atoms. The molecule has 2 heterocycles. The number of carbonyl (C=O) groups is 1. The fourth-order valence-electron chi connectivity index (χ4n) is 2.22. The number of nitrogens with one attached hydrogen (secondary N) is 2. The SMILES string of the molecule is CCc1nc(-c2ccnc(NC(=O)OC(C)(C)C)c2)[nH]c1CC. The van der Waals surface area contributed by atoms with E-state index in [1.165, 1.54) is 0 Å². The molecule has 23 heavy (non-hydrogen) atoms. The quantitative estimate of drug-likeness (QED) is 0.895. The highest BCUT2D eigenvalue weighted by Crippen LogP contribution is 2.21. The summed E-state index contributed by atoms with van der Waals surface area (Å²) >= 11 is 0. The molecule has 124 valence electrons. The largest absolute Gasteiger partial charge is 0.444 e. The van der Waals surface area contributed by atoms with E-state index in [-0.39, 0.29) is 0 Å². The summed E-state index contributed by atoms with van der Waals surface area (Å²) in [5, 5.41) is 2.64. The number of amides is 1. The number of hydrogen-bond acceptors (Lipinski definition) is 4. The number of hydrogen-bond donors (Lipinski definition) is 2. The van der Waals surface area contributed by atoms with Crippen LogP contribution in [0.5, 0.6) is 0 Å². The molecule has 6 heteroatoms. The van der Waals surface area contributed by atoms with E-state index >= 15 is 0 Å². The Balaban J connectivity index is 2.20. The van der Waals surface area contributed by atoms with E-state index in [2.05, 4.69) is 34.1 Å². The fraction of sp³-hybridized carbons (Fsp3) is 0.471. The number of carbonyl (C=O) groups excluding carboxylic acids is 1. The summed E-state index contributed by atoms with van der Waals surface area (Å²) in [5.74, 6) is 1.22. The molecular formula is C17H24N4O2. The molecule has 0 bridgehead atoms. The zero-order valence-corrected chi connectivity index (χ0v) is 14.4. The first-order valence-corrected chi connectivity index (χ1v) is 7.86. The van der Waals surface area contributed by atoms with Crippen molar-refractivity contribution >= 4 is 11.9 Å². The van der Waals surface area contributed by atoms with E-state index < -0.39 is 11.7 Å². The van der Waals surface area contributed by atoms with Crippen LogP contribution in [0.1, 0.15) is 46.0 Å². The van der Waals surface area contributed by atoms with Gasteiger partial charge in [0.15, 0.2) is 0 Å². The van der Waals surface area contributed by atoms with Crippen molar-refractivity contribution in [1.82, 2.24) is 15.0 Å². The summed E-state index contributed by atoms with van der Waals surface area (Å²) in [7, 11) is 0. The third kappa shape index (κ3) is 4.55. The van der Waals surface area contributed by atoms with Crippen LogP contribution in [-0.2, 0) is 17.6 Å². The van der Waals surface area contributed by atoms with E-state index in [0.29, 0.717) is 5.82 Å². The fourth-order valence-corrected chi connectivity index (χ4v) is 2.22. The minimum Gasteiger partial charge on any atom is -0.444 e. The van der Waals surface area contributed by atoms with E-state index in [9.17, 15) is 4.79 Å². The molecule has 0 radical (unpaired) electrons. The summed E-state index contributed by atoms with van der Waals surface area (Å²) < 4.78 is 5.23. The lowest BCUT2D eigenvalue weighted by Gasteiger charge is -2.19. The molecular weight excluding hydrogens is 292 g/mol. The van der Waals surface area contributed by atoms with E-state index in [4.69, 9.17) is 4.74 Å². The van der Waals surface area contributed by atoms with Gasteiger partial charge in [-0.05, 0) is 45.7 Å². The predicted molar refractivity (Wildman–Crippen MR) is 90.4 cm³/mol. The number of aromatic amines is 1. The molecule has 1 amide bonds. The number of imidazole rings is 1. The molecule has 0 aliphatic heterocycles. The zero-order valence-electron chi connectivity index (χ0n) is 14.4. The molecule has 0 aromatic carbocycles. The van der Waals surface area contributed by atoms with Gasteiger partial charge in [-0.15, -0.1) is 0 Å². The normalized spacial score (nSPS) is 11.3. The minimum atomic E-state index is -0.547. The predicted octanol–water partition coefficient (Wildman–Crippen LogP) is 3.94. The summed E-state index contributed by atoms with van der Waals surface area (Å²) in [6.07, 6.45) is 2.91. The molecule has 0 saturated carbocycles. The smallest absolute Gasteiger partial charge is 0.413 e. The number of aryl methyl sites for hydroxylation is 2. The van der Waals surface area contributed by atoms with Crippen LogP contribution in [0.2, 0.25) is 0 Å².